The second-order valence-corrected chi connectivity index (χ2v) is 5.81. The molecule has 0 aromatic heterocycles. The van der Waals surface area contributed by atoms with Gasteiger partial charge in [0.2, 0.25) is 0 Å². The van der Waals surface area contributed by atoms with Gasteiger partial charge in [-0.15, -0.1) is 0 Å². The van der Waals surface area contributed by atoms with Gasteiger partial charge in [-0.05, 0) is 62.6 Å². The lowest BCUT2D eigenvalue weighted by Crippen LogP contribution is -2.38. The first-order valence-corrected chi connectivity index (χ1v) is 7.39. The van der Waals surface area contributed by atoms with Gasteiger partial charge in [0.15, 0.2) is 0 Å². The van der Waals surface area contributed by atoms with Crippen molar-refractivity contribution in [3.63, 3.8) is 0 Å². The summed E-state index contributed by atoms with van der Waals surface area (Å²) in [4.78, 5) is 4.98. The van der Waals surface area contributed by atoms with Crippen LogP contribution in [0, 0.1) is 20.8 Å². The minimum absolute atomic E-state index is 0.0187. The quantitative estimate of drug-likeness (QED) is 0.841. The van der Waals surface area contributed by atoms with E-state index in [1.54, 1.807) is 7.11 Å². The average molecular weight is 287 g/mol. The van der Waals surface area contributed by atoms with Crippen molar-refractivity contribution in [3.05, 3.63) is 41.0 Å². The van der Waals surface area contributed by atoms with Gasteiger partial charge in [0.1, 0.15) is 11.9 Å². The summed E-state index contributed by atoms with van der Waals surface area (Å²) in [5.74, 6) is 0.976. The molecule has 0 saturated carbocycles. The van der Waals surface area contributed by atoms with E-state index in [-0.39, 0.29) is 12.1 Å². The molecule has 3 nitrogen and oxygen atoms in total. The number of benzene rings is 2. The van der Waals surface area contributed by atoms with Crippen LogP contribution in [0.3, 0.4) is 0 Å². The molecule has 0 fully saturated rings. The van der Waals surface area contributed by atoms with Crippen LogP contribution in [0.25, 0.3) is 10.8 Å². The van der Waals surface area contributed by atoms with Crippen LogP contribution in [0.15, 0.2) is 24.3 Å². The highest BCUT2D eigenvalue weighted by atomic mass is 16.6. The normalized spacial score (nSPS) is 14.2. The van der Waals surface area contributed by atoms with Crippen LogP contribution < -0.4 is 10.2 Å². The highest BCUT2D eigenvalue weighted by Gasteiger charge is 2.17. The zero-order valence-corrected chi connectivity index (χ0v) is 13.8. The van der Waals surface area contributed by atoms with Crippen molar-refractivity contribution in [2.75, 3.05) is 7.11 Å². The maximum Gasteiger partial charge on any atom is 0.126 e. The van der Waals surface area contributed by atoms with Crippen molar-refractivity contribution in [2.24, 2.45) is 0 Å². The SMILES string of the molecule is CONC(C)C(C)Oc1c(C)cc2cc(C)ccc2c1C. The Morgan fingerprint density at radius 2 is 1.76 bits per heavy atom. The Bertz CT molecular complexity index is 637. The second-order valence-electron chi connectivity index (χ2n) is 5.81. The third-order valence-electron chi connectivity index (χ3n) is 3.99. The number of hydroxylamine groups is 1. The molecule has 21 heavy (non-hydrogen) atoms. The predicted molar refractivity (Wildman–Crippen MR) is 87.9 cm³/mol. The Morgan fingerprint density at radius 1 is 1.05 bits per heavy atom. The molecule has 0 amide bonds. The van der Waals surface area contributed by atoms with Gasteiger partial charge in [0.05, 0.1) is 13.2 Å². The van der Waals surface area contributed by atoms with Crippen molar-refractivity contribution >= 4 is 10.8 Å². The summed E-state index contributed by atoms with van der Waals surface area (Å²) in [7, 11) is 1.62. The number of ether oxygens (including phenoxy) is 1. The summed E-state index contributed by atoms with van der Waals surface area (Å²) in [6.07, 6.45) is 0.0187. The Morgan fingerprint density at radius 3 is 2.43 bits per heavy atom. The number of hydrogen-bond donors (Lipinski definition) is 1. The van der Waals surface area contributed by atoms with Crippen molar-refractivity contribution in [1.82, 2.24) is 5.48 Å². The molecule has 1 N–H and O–H groups in total. The van der Waals surface area contributed by atoms with Crippen molar-refractivity contribution in [1.29, 1.82) is 0 Å². The van der Waals surface area contributed by atoms with Gasteiger partial charge in [0, 0.05) is 0 Å². The van der Waals surface area contributed by atoms with Crippen molar-refractivity contribution in [3.8, 4) is 5.75 Å². The molecule has 2 atom stereocenters. The summed E-state index contributed by atoms with van der Waals surface area (Å²) in [6, 6.07) is 8.85. The Balaban J connectivity index is 2.38. The molecular formula is C18H25NO2. The predicted octanol–water partition coefficient (Wildman–Crippen LogP) is 4.07. The molecule has 2 unspecified atom stereocenters. The summed E-state index contributed by atoms with van der Waals surface area (Å²) >= 11 is 0. The van der Waals surface area contributed by atoms with Crippen LogP contribution in [0.5, 0.6) is 5.75 Å². The molecule has 0 radical (unpaired) electrons. The Kier molecular flexibility index (Phi) is 4.86. The fourth-order valence-corrected chi connectivity index (χ4v) is 2.61. The van der Waals surface area contributed by atoms with Crippen LogP contribution in [-0.2, 0) is 4.84 Å². The minimum atomic E-state index is 0.0187. The first-order valence-electron chi connectivity index (χ1n) is 7.39. The Labute approximate surface area is 127 Å². The molecule has 0 saturated heterocycles. The average Bonchev–Trinajstić information content (AvgIpc) is 2.43. The standard InChI is InChI=1S/C18H25NO2/c1-11-7-8-17-13(3)18(12(2)10-16(17)9-11)21-15(5)14(4)19-20-6/h7-10,14-15,19H,1-6H3. The van der Waals surface area contributed by atoms with Gasteiger partial charge in [-0.1, -0.05) is 23.8 Å². The van der Waals surface area contributed by atoms with Gasteiger partial charge < -0.3 is 9.57 Å². The molecule has 114 valence electrons. The van der Waals surface area contributed by atoms with E-state index in [1.807, 2.05) is 6.92 Å². The third-order valence-corrected chi connectivity index (χ3v) is 3.99. The maximum atomic E-state index is 6.19. The van der Waals surface area contributed by atoms with E-state index in [2.05, 4.69) is 57.4 Å². The molecule has 0 spiro atoms. The molecule has 0 bridgehead atoms. The zero-order chi connectivity index (χ0) is 15.6. The molecule has 0 aliphatic rings. The molecule has 2 rings (SSSR count). The van der Waals surface area contributed by atoms with Crippen molar-refractivity contribution < 1.29 is 9.57 Å². The smallest absolute Gasteiger partial charge is 0.126 e. The monoisotopic (exact) mass is 287 g/mol. The van der Waals surface area contributed by atoms with E-state index in [4.69, 9.17) is 9.57 Å². The summed E-state index contributed by atoms with van der Waals surface area (Å²) in [5.41, 5.74) is 6.57. The third kappa shape index (κ3) is 3.36. The zero-order valence-electron chi connectivity index (χ0n) is 13.8. The number of fused-ring (bicyclic) bond motifs is 1. The number of aryl methyl sites for hydroxylation is 3. The Hall–Kier alpha value is -1.58. The molecule has 2 aromatic carbocycles. The molecule has 2 aromatic rings. The van der Waals surface area contributed by atoms with E-state index in [0.29, 0.717) is 0 Å². The lowest BCUT2D eigenvalue weighted by molar-refractivity contribution is 0.0266. The van der Waals surface area contributed by atoms with Gasteiger partial charge in [-0.3, -0.25) is 0 Å². The second kappa shape index (κ2) is 6.46. The van der Waals surface area contributed by atoms with Gasteiger partial charge in [-0.25, -0.2) is 0 Å². The van der Waals surface area contributed by atoms with Crippen molar-refractivity contribution in [2.45, 2.75) is 46.8 Å². The minimum Gasteiger partial charge on any atom is -0.488 e. The molecule has 0 aliphatic heterocycles. The van der Waals surface area contributed by atoms with Crippen LogP contribution in [-0.4, -0.2) is 19.3 Å². The number of nitrogens with one attached hydrogen (secondary N) is 1. The van der Waals surface area contributed by atoms with E-state index in [0.717, 1.165) is 5.75 Å². The lowest BCUT2D eigenvalue weighted by atomic mass is 9.99. The van der Waals surface area contributed by atoms with Gasteiger partial charge >= 0.3 is 0 Å². The van der Waals surface area contributed by atoms with Crippen LogP contribution in [0.4, 0.5) is 0 Å². The summed E-state index contributed by atoms with van der Waals surface area (Å²) < 4.78 is 6.19. The maximum absolute atomic E-state index is 6.19. The van der Waals surface area contributed by atoms with Crippen LogP contribution >= 0.6 is 0 Å². The first kappa shape index (κ1) is 15.8. The van der Waals surface area contributed by atoms with Crippen LogP contribution in [0.1, 0.15) is 30.5 Å². The highest BCUT2D eigenvalue weighted by molar-refractivity contribution is 5.89. The topological polar surface area (TPSA) is 30.5 Å². The number of rotatable bonds is 5. The lowest BCUT2D eigenvalue weighted by Gasteiger charge is -2.24. The molecule has 3 heteroatoms. The first-order chi connectivity index (χ1) is 9.93. The van der Waals surface area contributed by atoms with E-state index < -0.39 is 0 Å². The van der Waals surface area contributed by atoms with Gasteiger partial charge in [0.25, 0.3) is 0 Å². The van der Waals surface area contributed by atoms with E-state index >= 15 is 0 Å². The van der Waals surface area contributed by atoms with E-state index in [9.17, 15) is 0 Å². The molecule has 0 heterocycles. The largest absolute Gasteiger partial charge is 0.488 e. The molecular weight excluding hydrogens is 262 g/mol. The van der Waals surface area contributed by atoms with Gasteiger partial charge in [-0.2, -0.15) is 5.48 Å². The van der Waals surface area contributed by atoms with Crippen LogP contribution in [0.2, 0.25) is 0 Å². The highest BCUT2D eigenvalue weighted by Crippen LogP contribution is 2.32. The molecule has 0 aliphatic carbocycles. The fourth-order valence-electron chi connectivity index (χ4n) is 2.61. The number of hydrogen-bond acceptors (Lipinski definition) is 3. The fraction of sp³-hybridized carbons (Fsp3) is 0.444. The summed E-state index contributed by atoms with van der Waals surface area (Å²) in [6.45, 7) is 10.4. The summed E-state index contributed by atoms with van der Waals surface area (Å²) in [5, 5.41) is 2.52. The van der Waals surface area contributed by atoms with E-state index in [1.165, 1.54) is 27.5 Å².